The van der Waals surface area contributed by atoms with Crippen LogP contribution in [0.4, 0.5) is 14.5 Å². The van der Waals surface area contributed by atoms with Crippen LogP contribution in [0, 0.1) is 23.5 Å². The third-order valence-electron chi connectivity index (χ3n) is 7.30. The SMILES string of the molecule is C=CCc1cc(Cl)c(S(=O)(=O)[C@H]2CC3CC[C@H](C2)[C@]3(C)O)cc1C(=O)Nc1ccc(F)c(F)c1. The minimum Gasteiger partial charge on any atom is -0.390 e. The molecule has 4 rings (SSSR count). The number of carbonyl (C=O) groups is 1. The molecule has 2 N–H and O–H groups in total. The van der Waals surface area contributed by atoms with Crippen LogP contribution in [0.1, 0.15) is 48.5 Å². The van der Waals surface area contributed by atoms with E-state index < -0.39 is 38.2 Å². The normalized spacial score (nSPS) is 26.3. The predicted octanol–water partition coefficient (Wildman–Crippen LogP) is 5.31. The first-order valence-electron chi connectivity index (χ1n) is 11.1. The second-order valence-electron chi connectivity index (χ2n) is 9.35. The van der Waals surface area contributed by atoms with Gasteiger partial charge in [0.2, 0.25) is 0 Å². The summed E-state index contributed by atoms with van der Waals surface area (Å²) >= 11 is 6.40. The molecule has 1 amide bonds. The highest BCUT2D eigenvalue weighted by Gasteiger charge is 2.53. The van der Waals surface area contributed by atoms with Crippen molar-refractivity contribution in [2.75, 3.05) is 5.32 Å². The zero-order valence-electron chi connectivity index (χ0n) is 18.7. The molecule has 2 bridgehead atoms. The van der Waals surface area contributed by atoms with E-state index in [1.165, 1.54) is 18.2 Å². The van der Waals surface area contributed by atoms with Crippen molar-refractivity contribution in [2.24, 2.45) is 11.8 Å². The van der Waals surface area contributed by atoms with Crippen LogP contribution in [-0.4, -0.2) is 30.3 Å². The number of carbonyl (C=O) groups excluding carboxylic acids is 1. The van der Waals surface area contributed by atoms with Crippen molar-refractivity contribution in [1.82, 2.24) is 0 Å². The Bertz CT molecular complexity index is 1250. The third kappa shape index (κ3) is 4.39. The summed E-state index contributed by atoms with van der Waals surface area (Å²) in [5.41, 5.74) is -0.345. The van der Waals surface area contributed by atoms with E-state index in [0.717, 1.165) is 25.0 Å². The van der Waals surface area contributed by atoms with E-state index in [-0.39, 0.29) is 39.4 Å². The minimum atomic E-state index is -3.90. The van der Waals surface area contributed by atoms with Gasteiger partial charge in [0.25, 0.3) is 5.91 Å². The summed E-state index contributed by atoms with van der Waals surface area (Å²) in [6.07, 6.45) is 4.00. The van der Waals surface area contributed by atoms with Crippen molar-refractivity contribution in [3.63, 3.8) is 0 Å². The quantitative estimate of drug-likeness (QED) is 0.517. The zero-order chi connectivity index (χ0) is 24.8. The number of fused-ring (bicyclic) bond motifs is 2. The van der Waals surface area contributed by atoms with Crippen molar-refractivity contribution >= 4 is 33.0 Å². The molecule has 2 saturated carbocycles. The Kier molecular flexibility index (Phi) is 6.61. The van der Waals surface area contributed by atoms with Crippen molar-refractivity contribution in [3.8, 4) is 0 Å². The average molecular weight is 510 g/mol. The first kappa shape index (κ1) is 24.8. The molecular formula is C25H26ClF2NO4S. The van der Waals surface area contributed by atoms with Crippen molar-refractivity contribution in [1.29, 1.82) is 0 Å². The molecule has 34 heavy (non-hydrogen) atoms. The van der Waals surface area contributed by atoms with Crippen molar-refractivity contribution < 1.29 is 27.1 Å². The minimum absolute atomic E-state index is 0.00547. The van der Waals surface area contributed by atoms with Crippen LogP contribution in [-0.2, 0) is 16.3 Å². The molecule has 2 aromatic carbocycles. The number of anilines is 1. The maximum absolute atomic E-state index is 13.6. The monoisotopic (exact) mass is 509 g/mol. The van der Waals surface area contributed by atoms with Gasteiger partial charge >= 0.3 is 0 Å². The van der Waals surface area contributed by atoms with E-state index in [2.05, 4.69) is 11.9 Å². The molecular weight excluding hydrogens is 484 g/mol. The lowest BCUT2D eigenvalue weighted by Gasteiger charge is -2.40. The lowest BCUT2D eigenvalue weighted by Crippen LogP contribution is -2.45. The van der Waals surface area contributed by atoms with Gasteiger partial charge in [0.05, 0.1) is 20.8 Å². The van der Waals surface area contributed by atoms with Gasteiger partial charge in [-0.1, -0.05) is 17.7 Å². The largest absolute Gasteiger partial charge is 0.390 e. The second kappa shape index (κ2) is 9.06. The van der Waals surface area contributed by atoms with Gasteiger partial charge in [-0.3, -0.25) is 4.79 Å². The molecule has 0 aliphatic heterocycles. The number of hydrogen-bond acceptors (Lipinski definition) is 4. The molecule has 0 spiro atoms. The number of benzene rings is 2. The lowest BCUT2D eigenvalue weighted by atomic mass is 9.76. The van der Waals surface area contributed by atoms with E-state index in [1.807, 2.05) is 0 Å². The smallest absolute Gasteiger partial charge is 0.255 e. The number of hydrogen-bond donors (Lipinski definition) is 2. The molecule has 2 aromatic rings. The summed E-state index contributed by atoms with van der Waals surface area (Å²) in [5, 5.41) is 12.5. The number of amides is 1. The molecule has 9 heteroatoms. The molecule has 2 fully saturated rings. The fraction of sp³-hybridized carbons (Fsp3) is 0.400. The fourth-order valence-corrected chi connectivity index (χ4v) is 7.77. The van der Waals surface area contributed by atoms with Crippen molar-refractivity contribution in [3.05, 3.63) is 70.8 Å². The van der Waals surface area contributed by atoms with Gasteiger partial charge in [-0.05, 0) is 80.7 Å². The van der Waals surface area contributed by atoms with Crippen LogP contribution in [0.5, 0.6) is 0 Å². The first-order chi connectivity index (χ1) is 15.9. The van der Waals surface area contributed by atoms with Gasteiger partial charge < -0.3 is 10.4 Å². The maximum atomic E-state index is 13.6. The van der Waals surface area contributed by atoms with Gasteiger partial charge in [-0.25, -0.2) is 17.2 Å². The number of rotatable bonds is 6. The Balaban J connectivity index is 1.70. The van der Waals surface area contributed by atoms with E-state index >= 15 is 0 Å². The van der Waals surface area contributed by atoms with E-state index in [1.54, 1.807) is 13.0 Å². The van der Waals surface area contributed by atoms with Gasteiger partial charge in [-0.15, -0.1) is 6.58 Å². The molecule has 5 nitrogen and oxygen atoms in total. The summed E-state index contributed by atoms with van der Waals surface area (Å²) in [5.74, 6) is -3.07. The molecule has 182 valence electrons. The van der Waals surface area contributed by atoms with E-state index in [4.69, 9.17) is 11.6 Å². The second-order valence-corrected chi connectivity index (χ2v) is 12.0. The molecule has 0 radical (unpaired) electrons. The number of nitrogens with one attached hydrogen (secondary N) is 1. The maximum Gasteiger partial charge on any atom is 0.255 e. The number of allylic oxidation sites excluding steroid dienone is 1. The Morgan fingerprint density at radius 1 is 1.21 bits per heavy atom. The van der Waals surface area contributed by atoms with Crippen LogP contribution < -0.4 is 5.32 Å². The summed E-state index contributed by atoms with van der Waals surface area (Å²) in [7, 11) is -3.90. The van der Waals surface area contributed by atoms with E-state index in [0.29, 0.717) is 18.4 Å². The molecule has 4 atom stereocenters. The molecule has 0 heterocycles. The van der Waals surface area contributed by atoms with Crippen LogP contribution in [0.15, 0.2) is 47.9 Å². The summed E-state index contributed by atoms with van der Waals surface area (Å²) < 4.78 is 54.0. The summed E-state index contributed by atoms with van der Waals surface area (Å²) in [6, 6.07) is 5.63. The molecule has 0 aromatic heterocycles. The highest BCUT2D eigenvalue weighted by molar-refractivity contribution is 7.92. The van der Waals surface area contributed by atoms with Crippen LogP contribution >= 0.6 is 11.6 Å². The Hall–Kier alpha value is -2.29. The predicted molar refractivity (Wildman–Crippen MR) is 127 cm³/mol. The number of sulfone groups is 1. The van der Waals surface area contributed by atoms with Gasteiger partial charge in [-0.2, -0.15) is 0 Å². The lowest BCUT2D eigenvalue weighted by molar-refractivity contribution is -0.0413. The van der Waals surface area contributed by atoms with Crippen LogP contribution in [0.2, 0.25) is 5.02 Å². The first-order valence-corrected chi connectivity index (χ1v) is 13.0. The molecule has 2 aliphatic carbocycles. The Labute approximate surface area is 202 Å². The molecule has 0 saturated heterocycles. The highest BCUT2D eigenvalue weighted by Crippen LogP contribution is 2.51. The zero-order valence-corrected chi connectivity index (χ0v) is 20.2. The van der Waals surface area contributed by atoms with Crippen molar-refractivity contribution in [2.45, 2.75) is 54.8 Å². The van der Waals surface area contributed by atoms with Crippen LogP contribution in [0.25, 0.3) is 0 Å². The Morgan fingerprint density at radius 2 is 1.85 bits per heavy atom. The summed E-state index contributed by atoms with van der Waals surface area (Å²) in [4.78, 5) is 12.9. The average Bonchev–Trinajstić information content (AvgIpc) is 2.93. The van der Waals surface area contributed by atoms with Gasteiger partial charge in [0.15, 0.2) is 21.5 Å². The van der Waals surface area contributed by atoms with E-state index in [9.17, 15) is 27.1 Å². The fourth-order valence-electron chi connectivity index (χ4n) is 5.32. The highest BCUT2D eigenvalue weighted by atomic mass is 35.5. The number of halogens is 3. The van der Waals surface area contributed by atoms with Gasteiger partial charge in [0.1, 0.15) is 0 Å². The molecule has 2 aliphatic rings. The number of aliphatic hydroxyl groups is 1. The van der Waals surface area contributed by atoms with Crippen LogP contribution in [0.3, 0.4) is 0 Å². The standard InChI is InChI=1S/C25H26ClF2NO4S/c1-3-4-14-9-20(26)23(13-19(14)24(30)29-17-7-8-21(27)22(28)12-17)34(32,33)18-10-15-5-6-16(11-18)25(15,2)31/h3,7-9,12-13,15-16,18,31H,1,4-6,10-11H2,2H3,(H,29,30)/t15-,16?,18-,25+/m1/s1. The molecule has 1 unspecified atom stereocenters. The third-order valence-corrected chi connectivity index (χ3v) is 9.94. The topological polar surface area (TPSA) is 83.5 Å². The Morgan fingerprint density at radius 3 is 2.44 bits per heavy atom. The summed E-state index contributed by atoms with van der Waals surface area (Å²) in [6.45, 7) is 5.44. The van der Waals surface area contributed by atoms with Gasteiger partial charge in [0, 0.05) is 17.3 Å².